The molecule has 0 saturated carbocycles. The summed E-state index contributed by atoms with van der Waals surface area (Å²) in [5.74, 6) is 0.519. The van der Waals surface area contributed by atoms with Crippen LogP contribution >= 0.6 is 0 Å². The van der Waals surface area contributed by atoms with Crippen LogP contribution in [0, 0.1) is 5.92 Å². The lowest BCUT2D eigenvalue weighted by Crippen LogP contribution is -2.39. The number of aromatic nitrogens is 2. The second-order valence-corrected chi connectivity index (χ2v) is 4.30. The van der Waals surface area contributed by atoms with E-state index in [0.29, 0.717) is 18.4 Å². The van der Waals surface area contributed by atoms with E-state index in [4.69, 9.17) is 11.5 Å². The minimum Gasteiger partial charge on any atom is -0.364 e. The van der Waals surface area contributed by atoms with Gasteiger partial charge < -0.3 is 16.4 Å². The number of hydrogen-bond acceptors (Lipinski definition) is 5. The molecule has 0 spiro atoms. The summed E-state index contributed by atoms with van der Waals surface area (Å²) < 4.78 is 0. The van der Waals surface area contributed by atoms with Gasteiger partial charge in [0.15, 0.2) is 0 Å². The van der Waals surface area contributed by atoms with E-state index in [9.17, 15) is 4.79 Å². The van der Waals surface area contributed by atoms with Crippen LogP contribution in [0.4, 0.5) is 5.95 Å². The van der Waals surface area contributed by atoms with E-state index in [-0.39, 0.29) is 5.69 Å². The predicted molar refractivity (Wildman–Crippen MR) is 64.5 cm³/mol. The number of amides is 1. The van der Waals surface area contributed by atoms with Crippen LogP contribution in [-0.4, -0.2) is 35.5 Å². The van der Waals surface area contributed by atoms with Crippen molar-refractivity contribution in [3.63, 3.8) is 0 Å². The fraction of sp³-hybridized carbons (Fsp3) is 0.545. The summed E-state index contributed by atoms with van der Waals surface area (Å²) in [6, 6.07) is 1.52. The summed E-state index contributed by atoms with van der Waals surface area (Å²) in [6.45, 7) is 2.42. The molecule has 1 amide bonds. The van der Waals surface area contributed by atoms with E-state index < -0.39 is 5.91 Å². The lowest BCUT2D eigenvalue weighted by atomic mass is 9.99. The van der Waals surface area contributed by atoms with E-state index in [1.165, 1.54) is 6.07 Å². The maximum atomic E-state index is 11.0. The molecule has 0 aromatic carbocycles. The van der Waals surface area contributed by atoms with E-state index in [1.807, 2.05) is 0 Å². The number of nitrogens with two attached hydrogens (primary N) is 2. The molecule has 2 rings (SSSR count). The van der Waals surface area contributed by atoms with Gasteiger partial charge in [-0.15, -0.1) is 0 Å². The van der Waals surface area contributed by atoms with Gasteiger partial charge in [-0.2, -0.15) is 0 Å². The molecule has 1 aromatic rings. The van der Waals surface area contributed by atoms with E-state index >= 15 is 0 Å². The highest BCUT2D eigenvalue weighted by atomic mass is 16.1. The number of primary amides is 1. The van der Waals surface area contributed by atoms with E-state index in [2.05, 4.69) is 14.9 Å². The minimum atomic E-state index is -0.527. The third-order valence-electron chi connectivity index (χ3n) is 3.03. The molecule has 1 aromatic heterocycles. The molecule has 0 bridgehead atoms. The Morgan fingerprint density at radius 2 is 2.41 bits per heavy atom. The molecule has 0 aliphatic carbocycles. The number of carbonyl (C=O) groups is 1. The standard InChI is InChI=1S/C11H17N5O/c12-6-8-2-1-5-16(7-8)11-14-4-3-9(15-11)10(13)17/h3-4,8H,1-2,5-7,12H2,(H2,13,17). The molecule has 4 N–H and O–H groups in total. The summed E-state index contributed by atoms with van der Waals surface area (Å²) in [7, 11) is 0. The lowest BCUT2D eigenvalue weighted by molar-refractivity contribution is 0.0995. The average molecular weight is 235 g/mol. The summed E-state index contributed by atoms with van der Waals surface area (Å²) in [5, 5.41) is 0. The second-order valence-electron chi connectivity index (χ2n) is 4.30. The highest BCUT2D eigenvalue weighted by Crippen LogP contribution is 2.19. The Hall–Kier alpha value is -1.69. The number of anilines is 1. The molecule has 1 aliphatic heterocycles. The van der Waals surface area contributed by atoms with Gasteiger partial charge in [0.1, 0.15) is 5.69 Å². The number of rotatable bonds is 3. The van der Waals surface area contributed by atoms with Gasteiger partial charge in [0, 0.05) is 19.3 Å². The first-order valence-corrected chi connectivity index (χ1v) is 5.78. The van der Waals surface area contributed by atoms with Crippen molar-refractivity contribution in [1.29, 1.82) is 0 Å². The molecule has 6 nitrogen and oxygen atoms in total. The number of nitrogens with zero attached hydrogens (tertiary/aromatic N) is 3. The average Bonchev–Trinajstić information content (AvgIpc) is 2.39. The normalized spacial score (nSPS) is 20.3. The quantitative estimate of drug-likeness (QED) is 0.752. The zero-order chi connectivity index (χ0) is 12.3. The first-order valence-electron chi connectivity index (χ1n) is 5.78. The fourth-order valence-corrected chi connectivity index (χ4v) is 2.08. The Balaban J connectivity index is 2.16. The first kappa shape index (κ1) is 11.8. The molecule has 92 valence electrons. The Morgan fingerprint density at radius 1 is 1.59 bits per heavy atom. The SMILES string of the molecule is NCC1CCCN(c2nccc(C(N)=O)n2)C1. The van der Waals surface area contributed by atoms with Crippen molar-refractivity contribution >= 4 is 11.9 Å². The molecule has 17 heavy (non-hydrogen) atoms. The third-order valence-corrected chi connectivity index (χ3v) is 3.03. The molecule has 2 heterocycles. The van der Waals surface area contributed by atoms with Gasteiger partial charge in [-0.05, 0) is 31.4 Å². The van der Waals surface area contributed by atoms with Crippen LogP contribution in [0.15, 0.2) is 12.3 Å². The molecule has 0 radical (unpaired) electrons. The molecule has 1 saturated heterocycles. The highest BCUT2D eigenvalue weighted by molar-refractivity contribution is 5.90. The van der Waals surface area contributed by atoms with Gasteiger partial charge in [-0.25, -0.2) is 9.97 Å². The lowest BCUT2D eigenvalue weighted by Gasteiger charge is -2.32. The zero-order valence-corrected chi connectivity index (χ0v) is 9.67. The van der Waals surface area contributed by atoms with Gasteiger partial charge in [-0.1, -0.05) is 0 Å². The molecule has 1 aliphatic rings. The number of hydrogen-bond donors (Lipinski definition) is 2. The van der Waals surface area contributed by atoms with Gasteiger partial charge in [0.2, 0.25) is 5.95 Å². The van der Waals surface area contributed by atoms with E-state index in [1.54, 1.807) is 6.20 Å². The second kappa shape index (κ2) is 5.09. The van der Waals surface area contributed by atoms with Gasteiger partial charge in [0.25, 0.3) is 5.91 Å². The highest BCUT2D eigenvalue weighted by Gasteiger charge is 2.21. The van der Waals surface area contributed by atoms with Crippen LogP contribution < -0.4 is 16.4 Å². The Bertz CT molecular complexity index is 409. The summed E-state index contributed by atoms with van der Waals surface area (Å²) in [5.41, 5.74) is 11.1. The minimum absolute atomic E-state index is 0.255. The van der Waals surface area contributed by atoms with Crippen LogP contribution in [0.25, 0.3) is 0 Å². The van der Waals surface area contributed by atoms with Crippen LogP contribution in [0.5, 0.6) is 0 Å². The van der Waals surface area contributed by atoms with Crippen molar-refractivity contribution < 1.29 is 4.79 Å². The smallest absolute Gasteiger partial charge is 0.267 e. The third kappa shape index (κ3) is 2.71. The number of carbonyl (C=O) groups excluding carboxylic acids is 1. The summed E-state index contributed by atoms with van der Waals surface area (Å²) in [6.07, 6.45) is 3.78. The van der Waals surface area contributed by atoms with Crippen molar-refractivity contribution in [3.05, 3.63) is 18.0 Å². The van der Waals surface area contributed by atoms with Crippen molar-refractivity contribution in [2.75, 3.05) is 24.5 Å². The molecule has 6 heteroatoms. The van der Waals surface area contributed by atoms with Crippen LogP contribution in [0.1, 0.15) is 23.3 Å². The maximum absolute atomic E-state index is 11.0. The van der Waals surface area contributed by atoms with Crippen LogP contribution in [-0.2, 0) is 0 Å². The Labute approximate surface area is 100 Å². The molecule has 1 atom stereocenters. The van der Waals surface area contributed by atoms with Crippen molar-refractivity contribution in [2.24, 2.45) is 17.4 Å². The zero-order valence-electron chi connectivity index (χ0n) is 9.67. The van der Waals surface area contributed by atoms with Crippen molar-refractivity contribution in [3.8, 4) is 0 Å². The number of piperidine rings is 1. The Kier molecular flexibility index (Phi) is 3.53. The van der Waals surface area contributed by atoms with Gasteiger partial charge >= 0.3 is 0 Å². The Morgan fingerprint density at radius 3 is 3.12 bits per heavy atom. The van der Waals surface area contributed by atoms with Crippen molar-refractivity contribution in [1.82, 2.24) is 9.97 Å². The van der Waals surface area contributed by atoms with Crippen LogP contribution in [0.2, 0.25) is 0 Å². The molecule has 1 fully saturated rings. The molecular formula is C11H17N5O. The first-order chi connectivity index (χ1) is 8.20. The van der Waals surface area contributed by atoms with Crippen LogP contribution in [0.3, 0.4) is 0 Å². The molecular weight excluding hydrogens is 218 g/mol. The van der Waals surface area contributed by atoms with Gasteiger partial charge in [-0.3, -0.25) is 4.79 Å². The predicted octanol–water partition coefficient (Wildman–Crippen LogP) is -0.249. The summed E-state index contributed by atoms with van der Waals surface area (Å²) in [4.78, 5) is 21.5. The monoisotopic (exact) mass is 235 g/mol. The fourth-order valence-electron chi connectivity index (χ4n) is 2.08. The topological polar surface area (TPSA) is 98.1 Å². The van der Waals surface area contributed by atoms with E-state index in [0.717, 1.165) is 25.9 Å². The molecule has 1 unspecified atom stereocenters. The summed E-state index contributed by atoms with van der Waals surface area (Å²) >= 11 is 0. The maximum Gasteiger partial charge on any atom is 0.267 e. The largest absolute Gasteiger partial charge is 0.364 e. The van der Waals surface area contributed by atoms with Crippen molar-refractivity contribution in [2.45, 2.75) is 12.8 Å². The van der Waals surface area contributed by atoms with Gasteiger partial charge in [0.05, 0.1) is 0 Å².